The second-order valence-electron chi connectivity index (χ2n) is 4.29. The molecule has 0 saturated carbocycles. The number of nitrogens with one attached hydrogen (secondary N) is 1. The molecule has 1 saturated heterocycles. The van der Waals surface area contributed by atoms with Gasteiger partial charge in [0.05, 0.1) is 11.5 Å². The average molecular weight is 257 g/mol. The van der Waals surface area contributed by atoms with E-state index in [0.29, 0.717) is 19.0 Å². The van der Waals surface area contributed by atoms with E-state index in [1.807, 2.05) is 0 Å². The number of likely N-dealkylation sites (tertiary alicyclic amines) is 1. The highest BCUT2D eigenvalue weighted by Crippen LogP contribution is 2.19. The highest BCUT2D eigenvalue weighted by Gasteiger charge is 2.26. The number of hydrogen-bond donors (Lipinski definition) is 2. The molecule has 0 spiro atoms. The summed E-state index contributed by atoms with van der Waals surface area (Å²) in [7, 11) is 0. The Morgan fingerprint density at radius 3 is 2.47 bits per heavy atom. The predicted molar refractivity (Wildman–Crippen MR) is 69.4 cm³/mol. The van der Waals surface area contributed by atoms with Gasteiger partial charge in [-0.2, -0.15) is 0 Å². The van der Waals surface area contributed by atoms with E-state index in [0.717, 1.165) is 19.3 Å². The summed E-state index contributed by atoms with van der Waals surface area (Å²) in [6.07, 6.45) is 3.09. The molecule has 6 heteroatoms. The van der Waals surface area contributed by atoms with Crippen LogP contribution in [0.4, 0.5) is 0 Å². The summed E-state index contributed by atoms with van der Waals surface area (Å²) in [5.41, 5.74) is 5.25. The molecule has 1 rings (SSSR count). The van der Waals surface area contributed by atoms with Gasteiger partial charge in [0.1, 0.15) is 0 Å². The molecule has 1 heterocycles. The summed E-state index contributed by atoms with van der Waals surface area (Å²) < 4.78 is 0. The quantitative estimate of drug-likeness (QED) is 0.553. The van der Waals surface area contributed by atoms with E-state index in [-0.39, 0.29) is 11.5 Å². The van der Waals surface area contributed by atoms with Crippen molar-refractivity contribution in [1.82, 2.24) is 10.2 Å². The second kappa shape index (κ2) is 6.54. The molecule has 3 N–H and O–H groups in total. The van der Waals surface area contributed by atoms with Crippen LogP contribution < -0.4 is 11.1 Å². The van der Waals surface area contributed by atoms with Crippen LogP contribution in [0.1, 0.15) is 26.2 Å². The Morgan fingerprint density at radius 2 is 2.00 bits per heavy atom. The number of rotatable bonds is 3. The van der Waals surface area contributed by atoms with Crippen LogP contribution in [0, 0.1) is 5.92 Å². The fourth-order valence-electron chi connectivity index (χ4n) is 1.93. The van der Waals surface area contributed by atoms with Gasteiger partial charge in [-0.25, -0.2) is 0 Å². The van der Waals surface area contributed by atoms with Gasteiger partial charge in [0.15, 0.2) is 0 Å². The molecule has 1 aliphatic heterocycles. The minimum Gasteiger partial charge on any atom is -0.392 e. The Hall–Kier alpha value is -1.17. The molecule has 1 aliphatic rings. The molecule has 96 valence electrons. The van der Waals surface area contributed by atoms with E-state index in [1.165, 1.54) is 0 Å². The molecule has 0 aromatic heterocycles. The molecule has 0 atom stereocenters. The number of nitrogens with zero attached hydrogens (tertiary/aromatic N) is 1. The molecule has 0 aromatic rings. The van der Waals surface area contributed by atoms with Crippen LogP contribution in [-0.4, -0.2) is 41.3 Å². The summed E-state index contributed by atoms with van der Waals surface area (Å²) in [5.74, 6) is -0.415. The summed E-state index contributed by atoms with van der Waals surface area (Å²) in [6.45, 7) is 3.55. The van der Waals surface area contributed by atoms with Gasteiger partial charge in [-0.15, -0.1) is 0 Å². The number of amides is 2. The summed E-state index contributed by atoms with van der Waals surface area (Å²) in [6, 6.07) is 0. The van der Waals surface area contributed by atoms with Gasteiger partial charge in [-0.3, -0.25) is 9.59 Å². The average Bonchev–Trinajstić information content (AvgIpc) is 2.35. The molecule has 17 heavy (non-hydrogen) atoms. The van der Waals surface area contributed by atoms with Crippen LogP contribution in [0.15, 0.2) is 0 Å². The lowest BCUT2D eigenvalue weighted by atomic mass is 9.94. The number of nitrogens with two attached hydrogens (primary N) is 1. The van der Waals surface area contributed by atoms with Crippen LogP contribution in [0.3, 0.4) is 0 Å². The maximum atomic E-state index is 11.7. The number of hydrogen-bond acceptors (Lipinski definition) is 3. The third kappa shape index (κ3) is 4.30. The molecular formula is C11H19N3O2S. The number of carbonyl (C=O) groups is 2. The Kier molecular flexibility index (Phi) is 5.34. The molecule has 0 bridgehead atoms. The van der Waals surface area contributed by atoms with Gasteiger partial charge < -0.3 is 16.0 Å². The van der Waals surface area contributed by atoms with E-state index in [4.69, 9.17) is 5.73 Å². The van der Waals surface area contributed by atoms with Crippen LogP contribution >= 0.6 is 12.2 Å². The lowest BCUT2D eigenvalue weighted by Gasteiger charge is -2.30. The smallest absolute Gasteiger partial charge is 0.311 e. The molecule has 0 radical (unpaired) electrons. The Labute approximate surface area is 107 Å². The molecule has 1 fully saturated rings. The first-order valence-electron chi connectivity index (χ1n) is 5.90. The lowest BCUT2D eigenvalue weighted by molar-refractivity contribution is -0.146. The first kappa shape index (κ1) is 13.9. The third-order valence-corrected chi connectivity index (χ3v) is 3.24. The van der Waals surface area contributed by atoms with Crippen molar-refractivity contribution in [2.75, 3.05) is 19.6 Å². The Morgan fingerprint density at radius 1 is 1.41 bits per heavy atom. The van der Waals surface area contributed by atoms with E-state index in [9.17, 15) is 9.59 Å². The standard InChI is InChI=1S/C11H19N3O2S/c1-2-8-3-5-14(6-4-8)11(16)10(15)13-7-9(12)17/h8H,2-7H2,1H3,(H2,12,17)(H,13,15). The van der Waals surface area contributed by atoms with Crippen molar-refractivity contribution >= 4 is 29.0 Å². The largest absolute Gasteiger partial charge is 0.392 e. The molecule has 0 aromatic carbocycles. The minimum atomic E-state index is -0.618. The monoisotopic (exact) mass is 257 g/mol. The normalized spacial score (nSPS) is 16.6. The van der Waals surface area contributed by atoms with Crippen molar-refractivity contribution in [3.63, 3.8) is 0 Å². The minimum absolute atomic E-state index is 0.0747. The number of carbonyl (C=O) groups excluding carboxylic acids is 2. The third-order valence-electron chi connectivity index (χ3n) is 3.10. The van der Waals surface area contributed by atoms with Crippen molar-refractivity contribution in [2.45, 2.75) is 26.2 Å². The molecule has 0 unspecified atom stereocenters. The van der Waals surface area contributed by atoms with Crippen LogP contribution in [-0.2, 0) is 9.59 Å². The van der Waals surface area contributed by atoms with Gasteiger partial charge in [0.25, 0.3) is 0 Å². The van der Waals surface area contributed by atoms with E-state index >= 15 is 0 Å². The number of piperidine rings is 1. The first-order chi connectivity index (χ1) is 8.04. The predicted octanol–water partition coefficient (Wildman–Crippen LogP) is 0.0373. The second-order valence-corrected chi connectivity index (χ2v) is 4.82. The number of thiocarbonyl (C=S) groups is 1. The molecule has 5 nitrogen and oxygen atoms in total. The first-order valence-corrected chi connectivity index (χ1v) is 6.30. The molecular weight excluding hydrogens is 238 g/mol. The van der Waals surface area contributed by atoms with Gasteiger partial charge in [-0.1, -0.05) is 25.6 Å². The fraction of sp³-hybridized carbons (Fsp3) is 0.727. The molecule has 2 amide bonds. The maximum Gasteiger partial charge on any atom is 0.311 e. The van der Waals surface area contributed by atoms with Gasteiger partial charge in [0.2, 0.25) is 0 Å². The van der Waals surface area contributed by atoms with Gasteiger partial charge in [-0.05, 0) is 18.8 Å². The summed E-state index contributed by atoms with van der Waals surface area (Å²) >= 11 is 4.63. The van der Waals surface area contributed by atoms with Crippen molar-refractivity contribution in [2.24, 2.45) is 11.7 Å². The zero-order chi connectivity index (χ0) is 12.8. The maximum absolute atomic E-state index is 11.7. The highest BCUT2D eigenvalue weighted by molar-refractivity contribution is 7.80. The van der Waals surface area contributed by atoms with E-state index in [1.54, 1.807) is 4.90 Å². The Balaban J connectivity index is 2.37. The summed E-state index contributed by atoms with van der Waals surface area (Å²) in [5, 5.41) is 2.41. The Bertz CT molecular complexity index is 312. The van der Waals surface area contributed by atoms with Crippen molar-refractivity contribution < 1.29 is 9.59 Å². The van der Waals surface area contributed by atoms with Crippen LogP contribution in [0.5, 0.6) is 0 Å². The van der Waals surface area contributed by atoms with Crippen LogP contribution in [0.25, 0.3) is 0 Å². The highest BCUT2D eigenvalue weighted by atomic mass is 32.1. The lowest BCUT2D eigenvalue weighted by Crippen LogP contribution is -2.47. The van der Waals surface area contributed by atoms with Gasteiger partial charge in [0, 0.05) is 13.1 Å². The van der Waals surface area contributed by atoms with Gasteiger partial charge >= 0.3 is 11.8 Å². The summed E-state index contributed by atoms with van der Waals surface area (Å²) in [4.78, 5) is 25.0. The van der Waals surface area contributed by atoms with Crippen molar-refractivity contribution in [3.8, 4) is 0 Å². The molecule has 0 aliphatic carbocycles. The zero-order valence-electron chi connectivity index (χ0n) is 10.1. The zero-order valence-corrected chi connectivity index (χ0v) is 10.9. The topological polar surface area (TPSA) is 75.4 Å². The van der Waals surface area contributed by atoms with Crippen molar-refractivity contribution in [3.05, 3.63) is 0 Å². The fourth-order valence-corrected chi connectivity index (χ4v) is 2.00. The van der Waals surface area contributed by atoms with E-state index in [2.05, 4.69) is 24.5 Å². The van der Waals surface area contributed by atoms with E-state index < -0.39 is 11.8 Å². The van der Waals surface area contributed by atoms with Crippen LogP contribution in [0.2, 0.25) is 0 Å². The SMILES string of the molecule is CCC1CCN(C(=O)C(=O)NCC(N)=S)CC1. The van der Waals surface area contributed by atoms with Crippen molar-refractivity contribution in [1.29, 1.82) is 0 Å².